The molecule has 0 aromatic heterocycles. The minimum atomic E-state index is -4.93. The molecule has 2 N–H and O–H groups in total. The SMILES string of the molecule is COc1ccccc1NC(=O)C(N=Nc1ccc(S(=O)(=O)[O-])cc1[N+](=O)[O-])C(C)=O.COc1ccccc1NC(=O)C(N=Nc1ccc(S(=O)(=O)[O-])cc1[N+](=O)[O-])C(C)=O.[Ca+2]. The number of benzene rings is 4. The minimum Gasteiger partial charge on any atom is -0.744 e. The molecule has 4 rings (SSSR count). The van der Waals surface area contributed by atoms with E-state index in [0.717, 1.165) is 38.1 Å². The molecule has 0 aliphatic carbocycles. The Labute approximate surface area is 375 Å². The number of nitro benzene ring substituents is 2. The van der Waals surface area contributed by atoms with Gasteiger partial charge in [0.2, 0.25) is 12.1 Å². The third-order valence-electron chi connectivity index (χ3n) is 7.42. The van der Waals surface area contributed by atoms with E-state index < -0.39 is 98.1 Å². The fourth-order valence-electron chi connectivity index (χ4n) is 4.55. The van der Waals surface area contributed by atoms with Crippen LogP contribution in [0.5, 0.6) is 11.5 Å². The second-order valence-electron chi connectivity index (χ2n) is 11.6. The Hall–Kier alpha value is -6.16. The number of nitro groups is 2. The number of rotatable bonds is 16. The number of ether oxygens (including phenoxy) is 2. The van der Waals surface area contributed by atoms with E-state index in [-0.39, 0.29) is 49.1 Å². The van der Waals surface area contributed by atoms with Crippen molar-refractivity contribution in [3.8, 4) is 11.5 Å². The van der Waals surface area contributed by atoms with Crippen LogP contribution in [0.25, 0.3) is 0 Å². The summed E-state index contributed by atoms with van der Waals surface area (Å²) in [6.45, 7) is 2.15. The summed E-state index contributed by atoms with van der Waals surface area (Å²) in [5, 5.41) is 41.5. The van der Waals surface area contributed by atoms with Crippen LogP contribution in [0.4, 0.5) is 34.1 Å². The molecule has 4 aromatic carbocycles. The van der Waals surface area contributed by atoms with E-state index >= 15 is 0 Å². The topological polar surface area (TPSA) is 361 Å². The largest absolute Gasteiger partial charge is 2.00 e. The van der Waals surface area contributed by atoms with E-state index in [4.69, 9.17) is 9.47 Å². The number of azo groups is 2. The van der Waals surface area contributed by atoms with Crippen LogP contribution in [0, 0.1) is 20.2 Å². The van der Waals surface area contributed by atoms with Gasteiger partial charge in [0.15, 0.2) is 22.9 Å². The Morgan fingerprint density at radius 2 is 0.934 bits per heavy atom. The molecule has 0 spiro atoms. The number of carbonyl (C=O) groups excluding carboxylic acids is 4. The van der Waals surface area contributed by atoms with Gasteiger partial charge in [0.25, 0.3) is 23.2 Å². The molecule has 0 heterocycles. The molecule has 0 aliphatic rings. The van der Waals surface area contributed by atoms with Crippen LogP contribution in [0.1, 0.15) is 13.8 Å². The quantitative estimate of drug-likeness (QED) is 0.0400. The van der Waals surface area contributed by atoms with Gasteiger partial charge < -0.3 is 29.2 Å². The number of hydrogen-bond donors (Lipinski definition) is 2. The fourth-order valence-corrected chi connectivity index (χ4v) is 5.54. The van der Waals surface area contributed by atoms with E-state index in [0.29, 0.717) is 23.6 Å². The first-order valence-electron chi connectivity index (χ1n) is 16.3. The molecule has 2 unspecified atom stereocenters. The van der Waals surface area contributed by atoms with Gasteiger partial charge in [0, 0.05) is 12.1 Å². The molecule has 0 saturated carbocycles. The maximum atomic E-state index is 12.5. The molecule has 4 aromatic rings. The Morgan fingerprint density at radius 1 is 0.607 bits per heavy atom. The summed E-state index contributed by atoms with van der Waals surface area (Å²) < 4.78 is 76.5. The predicted octanol–water partition coefficient (Wildman–Crippen LogP) is 3.99. The van der Waals surface area contributed by atoms with Gasteiger partial charge in [0.05, 0.1) is 45.2 Å². The third kappa shape index (κ3) is 14.5. The van der Waals surface area contributed by atoms with Gasteiger partial charge in [-0.1, -0.05) is 24.3 Å². The molecule has 0 radical (unpaired) electrons. The molecule has 61 heavy (non-hydrogen) atoms. The third-order valence-corrected chi connectivity index (χ3v) is 9.09. The molecular weight excluding hydrogens is 881 g/mol. The predicted molar refractivity (Wildman–Crippen MR) is 209 cm³/mol. The molecule has 0 saturated heterocycles. The minimum absolute atomic E-state index is 0. The average molecular weight is 911 g/mol. The number of para-hydroxylation sites is 4. The first-order chi connectivity index (χ1) is 28.1. The Bertz CT molecular complexity index is 2450. The van der Waals surface area contributed by atoms with Crippen molar-refractivity contribution in [1.82, 2.24) is 0 Å². The summed E-state index contributed by atoms with van der Waals surface area (Å²) in [7, 11) is -7.09. The summed E-state index contributed by atoms with van der Waals surface area (Å²) in [6, 6.07) is 13.9. The normalized spacial score (nSPS) is 12.2. The van der Waals surface area contributed by atoms with Gasteiger partial charge in [-0.3, -0.25) is 39.4 Å². The Balaban J connectivity index is 0.000000413. The number of hydrogen-bond acceptors (Lipinski definition) is 20. The van der Waals surface area contributed by atoms with Crippen LogP contribution in [0.15, 0.2) is 115 Å². The summed E-state index contributed by atoms with van der Waals surface area (Å²) >= 11 is 0. The van der Waals surface area contributed by atoms with Crippen molar-refractivity contribution < 1.29 is 64.4 Å². The number of amides is 2. The van der Waals surface area contributed by atoms with E-state index in [1.165, 1.54) is 26.4 Å². The molecular formula is C34H30CaN8O16S2. The molecule has 0 fully saturated rings. The molecule has 0 bridgehead atoms. The zero-order chi connectivity index (χ0) is 44.9. The first kappa shape index (κ1) is 51.0. The molecule has 24 nitrogen and oxygen atoms in total. The number of methoxy groups -OCH3 is 2. The van der Waals surface area contributed by atoms with Gasteiger partial charge in [-0.15, -0.1) is 10.2 Å². The summed E-state index contributed by atoms with van der Waals surface area (Å²) in [6.07, 6.45) is 0. The van der Waals surface area contributed by atoms with Crippen molar-refractivity contribution in [3.63, 3.8) is 0 Å². The molecule has 27 heteroatoms. The maximum absolute atomic E-state index is 12.5. The van der Waals surface area contributed by atoms with Gasteiger partial charge in [-0.25, -0.2) is 16.8 Å². The van der Waals surface area contributed by atoms with Gasteiger partial charge >= 0.3 is 37.7 Å². The van der Waals surface area contributed by atoms with Crippen LogP contribution in [0.3, 0.4) is 0 Å². The molecule has 2 amide bonds. The van der Waals surface area contributed by atoms with E-state index in [1.807, 2.05) is 0 Å². The number of carbonyl (C=O) groups is 4. The van der Waals surface area contributed by atoms with Crippen molar-refractivity contribution in [2.24, 2.45) is 20.5 Å². The number of nitrogens with zero attached hydrogens (tertiary/aromatic N) is 6. The standard InChI is InChI=1S/2C17H16N4O8S.Ca/c2*1-10(22)16(17(23)18-13-5-3-4-6-15(13)29-2)20-19-12-8-7-11(30(26,27)28)9-14(12)21(24)25;/h2*3-9,16H,1-2H3,(H,18,23)(H,26,27,28);/q;;+2/p-2. The van der Waals surface area contributed by atoms with Crippen molar-refractivity contribution in [2.45, 2.75) is 35.7 Å². The molecule has 316 valence electrons. The van der Waals surface area contributed by atoms with Crippen molar-refractivity contribution in [3.05, 3.63) is 105 Å². The van der Waals surface area contributed by atoms with Crippen molar-refractivity contribution in [1.29, 1.82) is 0 Å². The summed E-state index contributed by atoms with van der Waals surface area (Å²) in [4.78, 5) is 67.4. The van der Waals surface area contributed by atoms with Crippen LogP contribution in [-0.4, -0.2) is 123 Å². The van der Waals surface area contributed by atoms with Crippen LogP contribution < -0.4 is 20.1 Å². The van der Waals surface area contributed by atoms with Gasteiger partial charge in [0.1, 0.15) is 31.7 Å². The smallest absolute Gasteiger partial charge is 0.744 e. The molecule has 2 atom stereocenters. The van der Waals surface area contributed by atoms with Crippen molar-refractivity contribution in [2.75, 3.05) is 24.9 Å². The number of ketones is 2. The monoisotopic (exact) mass is 910 g/mol. The van der Waals surface area contributed by atoms with E-state index in [2.05, 4.69) is 31.1 Å². The van der Waals surface area contributed by atoms with Gasteiger partial charge in [-0.2, -0.15) is 10.2 Å². The maximum Gasteiger partial charge on any atom is 2.00 e. The van der Waals surface area contributed by atoms with Crippen LogP contribution in [0.2, 0.25) is 0 Å². The van der Waals surface area contributed by atoms with Crippen molar-refractivity contribution >= 4 is 115 Å². The summed E-state index contributed by atoms with van der Waals surface area (Å²) in [5.74, 6) is -2.47. The number of anilines is 2. The Kier molecular flexibility index (Phi) is 18.8. The van der Waals surface area contributed by atoms with Crippen LogP contribution in [-0.2, 0) is 39.4 Å². The average Bonchev–Trinajstić information content (AvgIpc) is 3.17. The van der Waals surface area contributed by atoms with E-state index in [9.17, 15) is 65.3 Å². The van der Waals surface area contributed by atoms with Gasteiger partial charge in [-0.05, 0) is 62.4 Å². The summed E-state index contributed by atoms with van der Waals surface area (Å²) in [5.41, 5.74) is -2.01. The number of nitrogens with one attached hydrogen (secondary N) is 2. The number of Topliss-reactive ketones (excluding diaryl/α,β-unsaturated/α-hetero) is 2. The first-order valence-corrected chi connectivity index (χ1v) is 19.1. The van der Waals surface area contributed by atoms with Crippen LogP contribution >= 0.6 is 0 Å². The second kappa shape index (κ2) is 22.4. The zero-order valence-corrected chi connectivity index (χ0v) is 35.8. The zero-order valence-electron chi connectivity index (χ0n) is 32.0. The fraction of sp³-hybridized carbons (Fsp3) is 0.176. The Morgan fingerprint density at radius 3 is 1.21 bits per heavy atom. The second-order valence-corrected chi connectivity index (χ2v) is 14.3. The van der Waals surface area contributed by atoms with E-state index in [1.54, 1.807) is 36.4 Å². The molecule has 0 aliphatic heterocycles.